The van der Waals surface area contributed by atoms with Crippen LogP contribution in [0.15, 0.2) is 18.3 Å². The van der Waals surface area contributed by atoms with Crippen LogP contribution in [0.4, 0.5) is 17.5 Å². The Bertz CT molecular complexity index is 1400. The van der Waals surface area contributed by atoms with Gasteiger partial charge in [-0.2, -0.15) is 15.2 Å². The van der Waals surface area contributed by atoms with Gasteiger partial charge < -0.3 is 40.2 Å². The number of amides is 1. The predicted molar refractivity (Wildman–Crippen MR) is 133 cm³/mol. The maximum absolute atomic E-state index is 13.2. The van der Waals surface area contributed by atoms with Crippen LogP contribution in [0.3, 0.4) is 0 Å². The Morgan fingerprint density at radius 1 is 1.19 bits per heavy atom. The number of H-pyrrole nitrogens is 1. The molecule has 0 bridgehead atoms. The number of hydrogen-bond donors (Lipinski definition) is 5. The molecule has 1 aromatic carbocycles. The average Bonchev–Trinajstić information content (AvgIpc) is 3.64. The number of anilines is 3. The number of nitriles is 1. The quantitative estimate of drug-likeness (QED) is 0.303. The van der Waals surface area contributed by atoms with Crippen LogP contribution in [-0.4, -0.2) is 82.0 Å². The maximum Gasteiger partial charge on any atom is 0.257 e. The van der Waals surface area contributed by atoms with E-state index in [0.717, 1.165) is 6.54 Å². The van der Waals surface area contributed by atoms with Crippen LogP contribution in [0.1, 0.15) is 28.8 Å². The van der Waals surface area contributed by atoms with E-state index in [2.05, 4.69) is 31.7 Å². The van der Waals surface area contributed by atoms with Crippen molar-refractivity contribution in [2.24, 2.45) is 11.3 Å². The van der Waals surface area contributed by atoms with E-state index in [4.69, 9.17) is 9.47 Å². The molecule has 192 valence electrons. The number of nitrogens with zero attached hydrogens (tertiary/aromatic N) is 4. The van der Waals surface area contributed by atoms with Gasteiger partial charge in [-0.05, 0) is 30.9 Å². The molecule has 37 heavy (non-hydrogen) atoms. The Kier molecular flexibility index (Phi) is 5.73. The highest BCUT2D eigenvalue weighted by Crippen LogP contribution is 2.43. The van der Waals surface area contributed by atoms with Crippen molar-refractivity contribution in [3.05, 3.63) is 29.5 Å². The minimum Gasteiger partial charge on any atom is -0.485 e. The summed E-state index contributed by atoms with van der Waals surface area (Å²) in [5.74, 6) is 1.93. The highest BCUT2D eigenvalue weighted by molar-refractivity contribution is 6.00. The van der Waals surface area contributed by atoms with Crippen molar-refractivity contribution in [3.63, 3.8) is 0 Å². The lowest BCUT2D eigenvalue weighted by molar-refractivity contribution is -0.0590. The zero-order valence-electron chi connectivity index (χ0n) is 20.1. The number of aromatic amines is 1. The number of fused-ring (bicyclic) bond motifs is 2. The second-order valence-electron chi connectivity index (χ2n) is 9.88. The lowest BCUT2D eigenvalue weighted by Gasteiger charge is -2.48. The molecule has 2 aromatic heterocycles. The van der Waals surface area contributed by atoms with E-state index in [9.17, 15) is 20.3 Å². The normalized spacial score (nSPS) is 17.7. The van der Waals surface area contributed by atoms with Gasteiger partial charge in [0.1, 0.15) is 30.7 Å². The van der Waals surface area contributed by atoms with Crippen LogP contribution < -0.4 is 20.1 Å². The zero-order valence-corrected chi connectivity index (χ0v) is 20.1. The Morgan fingerprint density at radius 3 is 2.65 bits per heavy atom. The van der Waals surface area contributed by atoms with Crippen LogP contribution in [0.25, 0.3) is 11.0 Å². The van der Waals surface area contributed by atoms with Crippen LogP contribution in [-0.2, 0) is 0 Å². The van der Waals surface area contributed by atoms with Crippen molar-refractivity contribution in [2.75, 3.05) is 56.7 Å². The topological polar surface area (TPSA) is 169 Å². The van der Waals surface area contributed by atoms with Crippen LogP contribution in [0.2, 0.25) is 0 Å². The zero-order chi connectivity index (χ0) is 25.6. The van der Waals surface area contributed by atoms with Crippen LogP contribution in [0, 0.1) is 22.7 Å². The van der Waals surface area contributed by atoms with Gasteiger partial charge in [0, 0.05) is 25.8 Å². The molecule has 6 rings (SSSR count). The molecule has 0 spiro atoms. The highest BCUT2D eigenvalue weighted by Gasteiger charge is 2.45. The molecule has 1 aliphatic carbocycles. The summed E-state index contributed by atoms with van der Waals surface area (Å²) >= 11 is 0. The van der Waals surface area contributed by atoms with Crippen molar-refractivity contribution in [3.8, 4) is 17.6 Å². The standard InChI is InChI=1S/C25H27N7O5/c26-7-15-9-28-22-18(15)21(27-8-14-1-2-14)30-24(31-22)29-17-4-3-16(19-20(17)37-6-5-36-19)23(35)32-10-25(11-32,12-33)13-34/h3-4,9,14,33-34H,1-2,5-6,8,10-13H2,(H3,27,28,29,30,31). The maximum atomic E-state index is 13.2. The molecule has 12 heteroatoms. The van der Waals surface area contributed by atoms with Gasteiger partial charge in [0.25, 0.3) is 5.91 Å². The molecule has 2 aliphatic heterocycles. The summed E-state index contributed by atoms with van der Waals surface area (Å²) in [6, 6.07) is 5.55. The monoisotopic (exact) mass is 505 g/mol. The summed E-state index contributed by atoms with van der Waals surface area (Å²) in [5.41, 5.74) is 1.21. The van der Waals surface area contributed by atoms with Gasteiger partial charge in [0.2, 0.25) is 5.95 Å². The number of rotatable bonds is 8. The van der Waals surface area contributed by atoms with Crippen molar-refractivity contribution in [1.29, 1.82) is 5.26 Å². The molecule has 5 N–H and O–H groups in total. The van der Waals surface area contributed by atoms with E-state index in [1.807, 2.05) is 0 Å². The first kappa shape index (κ1) is 23.3. The molecule has 2 fully saturated rings. The number of carbonyl (C=O) groups excluding carboxylic acids is 1. The first-order chi connectivity index (χ1) is 18.0. The van der Waals surface area contributed by atoms with Gasteiger partial charge in [-0.15, -0.1) is 0 Å². The van der Waals surface area contributed by atoms with E-state index < -0.39 is 5.41 Å². The molecule has 4 heterocycles. The summed E-state index contributed by atoms with van der Waals surface area (Å²) in [5, 5.41) is 35.8. The summed E-state index contributed by atoms with van der Waals surface area (Å²) in [6.45, 7) is 1.54. The molecule has 1 amide bonds. The Labute approximate surface area is 212 Å². The molecule has 1 saturated heterocycles. The lowest BCUT2D eigenvalue weighted by atomic mass is 9.81. The minimum absolute atomic E-state index is 0.188. The summed E-state index contributed by atoms with van der Waals surface area (Å²) in [4.78, 5) is 27.0. The number of likely N-dealkylation sites (tertiary alicyclic amines) is 1. The molecule has 1 saturated carbocycles. The van der Waals surface area contributed by atoms with Gasteiger partial charge in [-0.25, -0.2) is 0 Å². The minimum atomic E-state index is -0.668. The molecular formula is C25H27N7O5. The van der Waals surface area contributed by atoms with Gasteiger partial charge in [0.05, 0.1) is 40.8 Å². The van der Waals surface area contributed by atoms with E-state index in [1.165, 1.54) is 12.8 Å². The number of ether oxygens (including phenoxy) is 2. The fraction of sp³-hybridized carbons (Fsp3) is 0.440. The smallest absolute Gasteiger partial charge is 0.257 e. The molecule has 3 aromatic rings. The fourth-order valence-electron chi connectivity index (χ4n) is 4.72. The van der Waals surface area contributed by atoms with Crippen molar-refractivity contribution in [2.45, 2.75) is 12.8 Å². The van der Waals surface area contributed by atoms with Gasteiger partial charge >= 0.3 is 0 Å². The second kappa shape index (κ2) is 9.10. The third-order valence-corrected chi connectivity index (χ3v) is 7.08. The Balaban J connectivity index is 1.30. The number of hydrogen-bond acceptors (Lipinski definition) is 10. The third kappa shape index (κ3) is 4.16. The average molecular weight is 506 g/mol. The number of nitrogens with one attached hydrogen (secondary N) is 3. The molecule has 0 atom stereocenters. The first-order valence-corrected chi connectivity index (χ1v) is 12.3. The SMILES string of the molecule is N#Cc1c[nH]c2nc(Nc3ccc(C(=O)N4CC(CO)(CO)C4)c4c3OCCO4)nc(NCC3CC3)c12. The van der Waals surface area contributed by atoms with Crippen LogP contribution >= 0.6 is 0 Å². The molecular weight excluding hydrogens is 478 g/mol. The number of aliphatic hydroxyl groups excluding tert-OH is 2. The fourth-order valence-corrected chi connectivity index (χ4v) is 4.72. The largest absolute Gasteiger partial charge is 0.485 e. The van der Waals surface area contributed by atoms with Gasteiger partial charge in [-0.1, -0.05) is 0 Å². The predicted octanol–water partition coefficient (Wildman–Crippen LogP) is 1.59. The number of carbonyl (C=O) groups is 1. The van der Waals surface area contributed by atoms with E-state index in [-0.39, 0.29) is 32.2 Å². The second-order valence-corrected chi connectivity index (χ2v) is 9.88. The van der Waals surface area contributed by atoms with Crippen molar-refractivity contribution >= 4 is 34.4 Å². The van der Waals surface area contributed by atoms with E-state index in [0.29, 0.717) is 70.2 Å². The Morgan fingerprint density at radius 2 is 1.95 bits per heavy atom. The van der Waals surface area contributed by atoms with Crippen molar-refractivity contribution in [1.82, 2.24) is 19.9 Å². The van der Waals surface area contributed by atoms with E-state index in [1.54, 1.807) is 23.2 Å². The number of aromatic nitrogens is 3. The Hall–Kier alpha value is -4.08. The molecule has 0 radical (unpaired) electrons. The molecule has 3 aliphatic rings. The summed E-state index contributed by atoms with van der Waals surface area (Å²) in [7, 11) is 0. The lowest BCUT2D eigenvalue weighted by Crippen LogP contribution is -2.62. The molecule has 12 nitrogen and oxygen atoms in total. The highest BCUT2D eigenvalue weighted by atomic mass is 16.6. The third-order valence-electron chi connectivity index (χ3n) is 7.08. The number of benzene rings is 1. The van der Waals surface area contributed by atoms with Crippen molar-refractivity contribution < 1.29 is 24.5 Å². The first-order valence-electron chi connectivity index (χ1n) is 12.3. The van der Waals surface area contributed by atoms with Crippen LogP contribution in [0.5, 0.6) is 11.5 Å². The van der Waals surface area contributed by atoms with Gasteiger partial charge in [0.15, 0.2) is 11.5 Å². The van der Waals surface area contributed by atoms with Gasteiger partial charge in [-0.3, -0.25) is 4.79 Å². The molecule has 0 unspecified atom stereocenters. The summed E-state index contributed by atoms with van der Waals surface area (Å²) < 4.78 is 11.8. The number of aliphatic hydroxyl groups is 2. The summed E-state index contributed by atoms with van der Waals surface area (Å²) in [6.07, 6.45) is 3.97. The van der Waals surface area contributed by atoms with E-state index >= 15 is 0 Å².